The first-order valence-corrected chi connectivity index (χ1v) is 10.3. The molecule has 1 saturated heterocycles. The highest BCUT2D eigenvalue weighted by atomic mass is 35.5. The molecule has 0 saturated carbocycles. The number of halogens is 1. The summed E-state index contributed by atoms with van der Waals surface area (Å²) in [5.41, 5.74) is 4.78. The zero-order valence-electron chi connectivity index (χ0n) is 16.3. The van der Waals surface area contributed by atoms with Crippen LogP contribution in [-0.2, 0) is 6.42 Å². The molecule has 1 aromatic heterocycles. The second-order valence-electron chi connectivity index (χ2n) is 7.75. The molecule has 148 valence electrons. The summed E-state index contributed by atoms with van der Waals surface area (Å²) in [7, 11) is 0. The second kappa shape index (κ2) is 7.23. The lowest BCUT2D eigenvalue weighted by molar-refractivity contribution is 0.0521. The number of amides is 1. The predicted molar refractivity (Wildman–Crippen MR) is 112 cm³/mol. The van der Waals surface area contributed by atoms with Crippen molar-refractivity contribution in [3.05, 3.63) is 76.1 Å². The molecule has 29 heavy (non-hydrogen) atoms. The summed E-state index contributed by atoms with van der Waals surface area (Å²) in [6.07, 6.45) is 6.25. The molecule has 0 spiro atoms. The van der Waals surface area contributed by atoms with Gasteiger partial charge in [-0.1, -0.05) is 23.7 Å². The van der Waals surface area contributed by atoms with Crippen molar-refractivity contribution < 1.29 is 9.53 Å². The van der Waals surface area contributed by atoms with Gasteiger partial charge in [0.05, 0.1) is 16.3 Å². The summed E-state index contributed by atoms with van der Waals surface area (Å²) in [4.78, 5) is 15.0. The Morgan fingerprint density at radius 1 is 1.21 bits per heavy atom. The molecular weight excluding hydrogens is 386 g/mol. The van der Waals surface area contributed by atoms with Gasteiger partial charge in [0.15, 0.2) is 5.75 Å². The SMILES string of the molecule is Cc1c(Cc2ccc(-n3cccn3)cc2)cc2c(c1Cl)OC1CCN(CC1)C2=O. The van der Waals surface area contributed by atoms with E-state index in [4.69, 9.17) is 16.3 Å². The minimum atomic E-state index is 0.0235. The van der Waals surface area contributed by atoms with Crippen molar-refractivity contribution in [2.24, 2.45) is 0 Å². The molecule has 6 heteroatoms. The predicted octanol–water partition coefficient (Wildman–Crippen LogP) is 4.42. The molecule has 1 fully saturated rings. The lowest BCUT2D eigenvalue weighted by Crippen LogP contribution is -2.44. The highest BCUT2D eigenvalue weighted by Crippen LogP contribution is 2.39. The van der Waals surface area contributed by atoms with E-state index >= 15 is 0 Å². The van der Waals surface area contributed by atoms with Crippen LogP contribution < -0.4 is 4.74 Å². The molecular formula is C23H22ClN3O2. The maximum Gasteiger partial charge on any atom is 0.257 e. The number of piperidine rings is 1. The van der Waals surface area contributed by atoms with E-state index in [1.165, 1.54) is 0 Å². The van der Waals surface area contributed by atoms with E-state index in [2.05, 4.69) is 17.2 Å². The quantitative estimate of drug-likeness (QED) is 0.645. The molecule has 3 aliphatic heterocycles. The van der Waals surface area contributed by atoms with Crippen LogP contribution in [0.1, 0.15) is 39.9 Å². The Labute approximate surface area is 174 Å². The van der Waals surface area contributed by atoms with Gasteiger partial charge in [0.1, 0.15) is 6.10 Å². The number of benzene rings is 2. The number of rotatable bonds is 3. The lowest BCUT2D eigenvalue weighted by atomic mass is 9.95. The molecule has 0 aliphatic carbocycles. The third-order valence-electron chi connectivity index (χ3n) is 5.92. The van der Waals surface area contributed by atoms with Gasteiger partial charge in [0, 0.05) is 38.3 Å². The van der Waals surface area contributed by atoms with Gasteiger partial charge in [0.2, 0.25) is 0 Å². The van der Waals surface area contributed by atoms with Crippen molar-refractivity contribution in [2.75, 3.05) is 13.1 Å². The molecule has 1 amide bonds. The number of hydrogen-bond donors (Lipinski definition) is 0. The summed E-state index contributed by atoms with van der Waals surface area (Å²) in [6, 6.07) is 12.1. The lowest BCUT2D eigenvalue weighted by Gasteiger charge is -2.36. The summed E-state index contributed by atoms with van der Waals surface area (Å²) >= 11 is 6.70. The Morgan fingerprint density at radius 2 is 1.97 bits per heavy atom. The number of aromatic nitrogens is 2. The smallest absolute Gasteiger partial charge is 0.257 e. The fourth-order valence-electron chi connectivity index (χ4n) is 4.16. The zero-order chi connectivity index (χ0) is 20.0. The molecule has 5 nitrogen and oxygen atoms in total. The molecule has 2 bridgehead atoms. The first kappa shape index (κ1) is 18.3. The van der Waals surface area contributed by atoms with Crippen molar-refractivity contribution in [2.45, 2.75) is 32.3 Å². The minimum absolute atomic E-state index is 0.0235. The molecule has 0 unspecified atom stereocenters. The number of hydrogen-bond acceptors (Lipinski definition) is 3. The topological polar surface area (TPSA) is 47.4 Å². The molecule has 0 N–H and O–H groups in total. The van der Waals surface area contributed by atoms with Crippen molar-refractivity contribution in [1.29, 1.82) is 0 Å². The second-order valence-corrected chi connectivity index (χ2v) is 8.13. The maximum atomic E-state index is 13.1. The van der Waals surface area contributed by atoms with Crippen LogP contribution in [0.2, 0.25) is 5.02 Å². The fourth-order valence-corrected chi connectivity index (χ4v) is 4.42. The number of nitrogens with zero attached hydrogens (tertiary/aromatic N) is 3. The zero-order valence-corrected chi connectivity index (χ0v) is 17.0. The van der Waals surface area contributed by atoms with Gasteiger partial charge in [-0.2, -0.15) is 5.10 Å². The molecule has 0 atom stereocenters. The molecule has 3 aliphatic rings. The monoisotopic (exact) mass is 407 g/mol. The normalized spacial score (nSPS) is 16.3. The van der Waals surface area contributed by atoms with Crippen LogP contribution in [0, 0.1) is 6.92 Å². The van der Waals surface area contributed by atoms with Gasteiger partial charge >= 0.3 is 0 Å². The van der Waals surface area contributed by atoms with Crippen LogP contribution in [0.15, 0.2) is 48.8 Å². The van der Waals surface area contributed by atoms with E-state index in [0.29, 0.717) is 22.8 Å². The Kier molecular flexibility index (Phi) is 4.55. The maximum absolute atomic E-state index is 13.1. The Balaban J connectivity index is 1.49. The van der Waals surface area contributed by atoms with Crippen LogP contribution in [-0.4, -0.2) is 39.8 Å². The summed E-state index contributed by atoms with van der Waals surface area (Å²) in [6.45, 7) is 3.50. The van der Waals surface area contributed by atoms with Gasteiger partial charge in [-0.05, 0) is 54.3 Å². The van der Waals surface area contributed by atoms with Gasteiger partial charge in [-0.25, -0.2) is 4.68 Å². The van der Waals surface area contributed by atoms with E-state index in [1.54, 1.807) is 6.20 Å². The largest absolute Gasteiger partial charge is 0.488 e. The van der Waals surface area contributed by atoms with Crippen molar-refractivity contribution in [1.82, 2.24) is 14.7 Å². The molecule has 3 aromatic rings. The van der Waals surface area contributed by atoms with Crippen LogP contribution >= 0.6 is 11.6 Å². The number of carbonyl (C=O) groups excluding carboxylic acids is 1. The van der Waals surface area contributed by atoms with Crippen molar-refractivity contribution in [3.8, 4) is 11.4 Å². The molecule has 6 rings (SSSR count). The van der Waals surface area contributed by atoms with Gasteiger partial charge in [-0.3, -0.25) is 4.79 Å². The Bertz CT molecular complexity index is 1050. The third-order valence-corrected chi connectivity index (χ3v) is 6.37. The number of carbonyl (C=O) groups is 1. The van der Waals surface area contributed by atoms with E-state index in [-0.39, 0.29) is 12.0 Å². The van der Waals surface area contributed by atoms with Gasteiger partial charge in [0.25, 0.3) is 5.91 Å². The van der Waals surface area contributed by atoms with Crippen molar-refractivity contribution >= 4 is 17.5 Å². The highest BCUT2D eigenvalue weighted by molar-refractivity contribution is 6.33. The van der Waals surface area contributed by atoms with Crippen molar-refractivity contribution in [3.63, 3.8) is 0 Å². The molecule has 4 heterocycles. The van der Waals surface area contributed by atoms with Crippen LogP contribution in [0.5, 0.6) is 5.75 Å². The van der Waals surface area contributed by atoms with E-state index < -0.39 is 0 Å². The van der Waals surface area contributed by atoms with Crippen LogP contribution in [0.25, 0.3) is 5.69 Å². The Hall–Kier alpha value is -2.79. The Morgan fingerprint density at radius 3 is 2.66 bits per heavy atom. The molecule has 2 aromatic carbocycles. The first-order valence-electron chi connectivity index (χ1n) is 9.97. The fraction of sp³-hybridized carbons (Fsp3) is 0.304. The van der Waals surface area contributed by atoms with Crippen LogP contribution in [0.3, 0.4) is 0 Å². The number of fused-ring (bicyclic) bond motifs is 2. The summed E-state index contributed by atoms with van der Waals surface area (Å²) in [5, 5.41) is 4.82. The minimum Gasteiger partial charge on any atom is -0.488 e. The number of ether oxygens (including phenoxy) is 1. The average molecular weight is 408 g/mol. The third kappa shape index (κ3) is 3.29. The average Bonchev–Trinajstić information content (AvgIpc) is 3.28. The standard InChI is InChI=1S/C23H22ClN3O2/c1-15-17(13-16-3-5-18(6-4-16)27-10-2-9-25-27)14-20-22(21(15)24)29-19-7-11-26(12-8-19)23(20)28/h2-6,9-10,14,19H,7-8,11-13H2,1H3. The summed E-state index contributed by atoms with van der Waals surface area (Å²) < 4.78 is 8.01. The van der Waals surface area contributed by atoms with Gasteiger partial charge < -0.3 is 9.64 Å². The van der Waals surface area contributed by atoms with Crippen LogP contribution in [0.4, 0.5) is 0 Å². The van der Waals surface area contributed by atoms with E-state index in [9.17, 15) is 4.79 Å². The highest BCUT2D eigenvalue weighted by Gasteiger charge is 2.33. The van der Waals surface area contributed by atoms with E-state index in [0.717, 1.165) is 48.3 Å². The summed E-state index contributed by atoms with van der Waals surface area (Å²) in [5.74, 6) is 0.580. The van der Waals surface area contributed by atoms with Gasteiger partial charge in [-0.15, -0.1) is 0 Å². The first-order chi connectivity index (χ1) is 14.1. The molecule has 0 radical (unpaired) electrons. The van der Waals surface area contributed by atoms with E-state index in [1.807, 2.05) is 47.0 Å².